The fourth-order valence-corrected chi connectivity index (χ4v) is 2.66. The fourth-order valence-electron chi connectivity index (χ4n) is 2.66. The molecule has 0 saturated carbocycles. The molecule has 2 aromatic carbocycles. The third-order valence-electron chi connectivity index (χ3n) is 4.20. The van der Waals surface area contributed by atoms with Crippen LogP contribution in [0.1, 0.15) is 33.9 Å². The zero-order chi connectivity index (χ0) is 18.6. The van der Waals surface area contributed by atoms with Crippen LogP contribution in [0.25, 0.3) is 0 Å². The molecule has 2 N–H and O–H groups in total. The molecule has 0 bridgehead atoms. The molecule has 0 saturated heterocycles. The van der Waals surface area contributed by atoms with Gasteiger partial charge in [-0.1, -0.05) is 35.9 Å². The third kappa shape index (κ3) is 4.59. The predicted octanol–water partition coefficient (Wildman–Crippen LogP) is 3.11. The monoisotopic (exact) mass is 341 g/mol. The van der Waals surface area contributed by atoms with Gasteiger partial charge in [-0.25, -0.2) is 4.79 Å². The summed E-state index contributed by atoms with van der Waals surface area (Å²) in [6.07, 6.45) is 0.0550. The first-order valence-corrected chi connectivity index (χ1v) is 8.04. The summed E-state index contributed by atoms with van der Waals surface area (Å²) >= 11 is 0. The van der Waals surface area contributed by atoms with Crippen LogP contribution in [-0.2, 0) is 16.0 Å². The van der Waals surface area contributed by atoms with Gasteiger partial charge in [0.25, 0.3) is 0 Å². The number of ether oxygens (including phenoxy) is 1. The number of carbonyl (C=O) groups excluding carboxylic acids is 1. The number of benzene rings is 2. The van der Waals surface area contributed by atoms with E-state index in [9.17, 15) is 14.7 Å². The molecular weight excluding hydrogens is 318 g/mol. The minimum Gasteiger partial charge on any atom is -0.496 e. The van der Waals surface area contributed by atoms with Crippen molar-refractivity contribution >= 4 is 11.9 Å². The van der Waals surface area contributed by atoms with E-state index in [1.54, 1.807) is 25.3 Å². The Morgan fingerprint density at radius 1 is 1.08 bits per heavy atom. The maximum absolute atomic E-state index is 12.4. The Balaban J connectivity index is 2.20. The molecule has 1 amide bonds. The molecule has 0 aliphatic rings. The molecule has 25 heavy (non-hydrogen) atoms. The number of hydrogen-bond acceptors (Lipinski definition) is 3. The lowest BCUT2D eigenvalue weighted by Crippen LogP contribution is -2.34. The van der Waals surface area contributed by atoms with Crippen molar-refractivity contribution in [2.24, 2.45) is 0 Å². The van der Waals surface area contributed by atoms with E-state index in [0.717, 1.165) is 22.3 Å². The number of aliphatic carboxylic acids is 1. The molecule has 1 atom stereocenters. The number of carboxylic acid groups (broad SMARTS) is 1. The summed E-state index contributed by atoms with van der Waals surface area (Å²) in [4.78, 5) is 24.0. The first kappa shape index (κ1) is 18.5. The van der Waals surface area contributed by atoms with E-state index in [4.69, 9.17) is 4.74 Å². The van der Waals surface area contributed by atoms with Gasteiger partial charge < -0.3 is 15.2 Å². The minimum atomic E-state index is -1.09. The van der Waals surface area contributed by atoms with Gasteiger partial charge in [-0.3, -0.25) is 4.79 Å². The van der Waals surface area contributed by atoms with Gasteiger partial charge in [0.05, 0.1) is 13.5 Å². The van der Waals surface area contributed by atoms with Crippen LogP contribution in [0.15, 0.2) is 36.4 Å². The normalized spacial score (nSPS) is 11.7. The Morgan fingerprint density at radius 2 is 1.80 bits per heavy atom. The van der Waals surface area contributed by atoms with Gasteiger partial charge in [0, 0.05) is 5.56 Å². The van der Waals surface area contributed by atoms with Crippen LogP contribution in [0.4, 0.5) is 0 Å². The molecule has 1 unspecified atom stereocenters. The van der Waals surface area contributed by atoms with Crippen molar-refractivity contribution in [1.29, 1.82) is 0 Å². The topological polar surface area (TPSA) is 75.6 Å². The van der Waals surface area contributed by atoms with Crippen LogP contribution in [0, 0.1) is 20.8 Å². The zero-order valence-corrected chi connectivity index (χ0v) is 14.9. The number of rotatable bonds is 6. The zero-order valence-electron chi connectivity index (χ0n) is 14.9. The van der Waals surface area contributed by atoms with E-state index in [1.807, 2.05) is 39.0 Å². The molecule has 0 aliphatic carbocycles. The molecule has 2 aromatic rings. The first-order chi connectivity index (χ1) is 11.8. The van der Waals surface area contributed by atoms with E-state index in [2.05, 4.69) is 5.32 Å². The molecule has 132 valence electrons. The van der Waals surface area contributed by atoms with Crippen LogP contribution in [0.2, 0.25) is 0 Å². The molecule has 0 fully saturated rings. The van der Waals surface area contributed by atoms with Crippen molar-refractivity contribution in [1.82, 2.24) is 5.32 Å². The number of aryl methyl sites for hydroxylation is 3. The highest BCUT2D eigenvalue weighted by Crippen LogP contribution is 2.21. The molecule has 5 nitrogen and oxygen atoms in total. The fraction of sp³-hybridized carbons (Fsp3) is 0.300. The Kier molecular flexibility index (Phi) is 5.80. The highest BCUT2D eigenvalue weighted by atomic mass is 16.5. The average Bonchev–Trinajstić information content (AvgIpc) is 2.55. The van der Waals surface area contributed by atoms with Crippen LogP contribution >= 0.6 is 0 Å². The number of carbonyl (C=O) groups is 2. The van der Waals surface area contributed by atoms with Crippen molar-refractivity contribution in [2.75, 3.05) is 7.11 Å². The number of hydrogen-bond donors (Lipinski definition) is 2. The van der Waals surface area contributed by atoms with Gasteiger partial charge in [-0.05, 0) is 43.5 Å². The summed E-state index contributed by atoms with van der Waals surface area (Å²) in [5.41, 5.74) is 4.35. The number of nitrogens with one attached hydrogen (secondary N) is 1. The lowest BCUT2D eigenvalue weighted by molar-refractivity contribution is -0.141. The van der Waals surface area contributed by atoms with E-state index < -0.39 is 12.0 Å². The smallest absolute Gasteiger partial charge is 0.330 e. The SMILES string of the molecule is COc1ccc(C)cc1CC(=O)NC(C(=O)O)c1ccc(C)c(C)c1. The Bertz CT molecular complexity index is 798. The van der Waals surface area contributed by atoms with Crippen molar-refractivity contribution in [3.05, 3.63) is 64.2 Å². The van der Waals surface area contributed by atoms with Gasteiger partial charge in [-0.15, -0.1) is 0 Å². The minimum absolute atomic E-state index is 0.0550. The summed E-state index contributed by atoms with van der Waals surface area (Å²) in [6, 6.07) is 9.87. The second-order valence-corrected chi connectivity index (χ2v) is 6.17. The van der Waals surface area contributed by atoms with E-state index in [0.29, 0.717) is 11.3 Å². The molecule has 0 radical (unpaired) electrons. The van der Waals surface area contributed by atoms with Crippen LogP contribution in [0.3, 0.4) is 0 Å². The standard InChI is InChI=1S/C20H23NO4/c1-12-5-8-17(25-4)16(9-12)11-18(22)21-19(20(23)24)15-7-6-13(2)14(3)10-15/h5-10,19H,11H2,1-4H3,(H,21,22)(H,23,24). The Labute approximate surface area is 147 Å². The quantitative estimate of drug-likeness (QED) is 0.846. The molecule has 0 heterocycles. The van der Waals surface area contributed by atoms with Gasteiger partial charge in [-0.2, -0.15) is 0 Å². The molecule has 0 spiro atoms. The average molecular weight is 341 g/mol. The van der Waals surface area contributed by atoms with E-state index in [1.165, 1.54) is 0 Å². The number of carboxylic acids is 1. The first-order valence-electron chi connectivity index (χ1n) is 8.04. The summed E-state index contributed by atoms with van der Waals surface area (Å²) < 4.78 is 5.27. The van der Waals surface area contributed by atoms with Gasteiger partial charge in [0.2, 0.25) is 5.91 Å². The van der Waals surface area contributed by atoms with Gasteiger partial charge in [0.15, 0.2) is 6.04 Å². The highest BCUT2D eigenvalue weighted by Gasteiger charge is 2.23. The van der Waals surface area contributed by atoms with Crippen molar-refractivity contribution in [3.8, 4) is 5.75 Å². The maximum Gasteiger partial charge on any atom is 0.330 e. The van der Waals surface area contributed by atoms with Gasteiger partial charge >= 0.3 is 5.97 Å². The summed E-state index contributed by atoms with van der Waals surface area (Å²) in [5, 5.41) is 12.1. The molecule has 0 aliphatic heterocycles. The third-order valence-corrected chi connectivity index (χ3v) is 4.20. The van der Waals surface area contributed by atoms with Crippen LogP contribution in [-0.4, -0.2) is 24.1 Å². The lowest BCUT2D eigenvalue weighted by Gasteiger charge is -2.17. The molecule has 2 rings (SSSR count). The van der Waals surface area contributed by atoms with Gasteiger partial charge in [0.1, 0.15) is 5.75 Å². The molecular formula is C20H23NO4. The molecule has 5 heteroatoms. The van der Waals surface area contributed by atoms with Crippen molar-refractivity contribution in [2.45, 2.75) is 33.2 Å². The second-order valence-electron chi connectivity index (χ2n) is 6.17. The molecule has 0 aromatic heterocycles. The Hall–Kier alpha value is -2.82. The lowest BCUT2D eigenvalue weighted by atomic mass is 10.0. The predicted molar refractivity (Wildman–Crippen MR) is 95.9 cm³/mol. The largest absolute Gasteiger partial charge is 0.496 e. The highest BCUT2D eigenvalue weighted by molar-refractivity contribution is 5.86. The van der Waals surface area contributed by atoms with Crippen LogP contribution in [0.5, 0.6) is 5.75 Å². The number of methoxy groups -OCH3 is 1. The van der Waals surface area contributed by atoms with Crippen molar-refractivity contribution in [3.63, 3.8) is 0 Å². The Morgan fingerprint density at radius 3 is 2.40 bits per heavy atom. The summed E-state index contributed by atoms with van der Waals surface area (Å²) in [6.45, 7) is 5.80. The maximum atomic E-state index is 12.4. The van der Waals surface area contributed by atoms with E-state index in [-0.39, 0.29) is 12.3 Å². The van der Waals surface area contributed by atoms with E-state index >= 15 is 0 Å². The summed E-state index contributed by atoms with van der Waals surface area (Å²) in [5.74, 6) is -0.846. The summed E-state index contributed by atoms with van der Waals surface area (Å²) in [7, 11) is 1.54. The van der Waals surface area contributed by atoms with Crippen molar-refractivity contribution < 1.29 is 19.4 Å². The second kappa shape index (κ2) is 7.83. The van der Waals surface area contributed by atoms with Crippen LogP contribution < -0.4 is 10.1 Å². The number of amides is 1.